The summed E-state index contributed by atoms with van der Waals surface area (Å²) in [4.78, 5) is 11.1. The lowest BCUT2D eigenvalue weighted by atomic mass is 10.0. The second kappa shape index (κ2) is 5.51. The van der Waals surface area contributed by atoms with E-state index in [4.69, 9.17) is 10.6 Å². The van der Waals surface area contributed by atoms with Crippen molar-refractivity contribution in [3.63, 3.8) is 0 Å². The van der Waals surface area contributed by atoms with Crippen molar-refractivity contribution in [1.29, 1.82) is 0 Å². The zero-order valence-corrected chi connectivity index (χ0v) is 10.3. The molecule has 0 atom stereocenters. The lowest BCUT2D eigenvalue weighted by Gasteiger charge is -2.05. The van der Waals surface area contributed by atoms with E-state index >= 15 is 0 Å². The maximum Gasteiger partial charge on any atom is 0.234 e. The molecule has 0 radical (unpaired) electrons. The number of methoxy groups -OCH3 is 1. The van der Waals surface area contributed by atoms with Crippen LogP contribution in [0.5, 0.6) is 5.75 Å². The fourth-order valence-corrected chi connectivity index (χ4v) is 1.89. The Hall–Kier alpha value is -2.07. The van der Waals surface area contributed by atoms with Crippen LogP contribution in [0.4, 0.5) is 0 Å². The number of hydrogen-bond acceptors (Lipinski definition) is 3. The molecule has 4 nitrogen and oxygen atoms in total. The van der Waals surface area contributed by atoms with Crippen molar-refractivity contribution in [2.45, 2.75) is 12.8 Å². The Morgan fingerprint density at radius 2 is 1.94 bits per heavy atom. The van der Waals surface area contributed by atoms with Crippen molar-refractivity contribution in [2.75, 3.05) is 7.11 Å². The van der Waals surface area contributed by atoms with E-state index in [1.165, 1.54) is 0 Å². The zero-order chi connectivity index (χ0) is 13.0. The predicted molar refractivity (Wildman–Crippen MR) is 71.2 cm³/mol. The van der Waals surface area contributed by atoms with Crippen LogP contribution < -0.4 is 16.0 Å². The van der Waals surface area contributed by atoms with Crippen LogP contribution in [0.15, 0.2) is 36.4 Å². The summed E-state index contributed by atoms with van der Waals surface area (Å²) in [5.74, 6) is 5.74. The number of hydrazine groups is 1. The summed E-state index contributed by atoms with van der Waals surface area (Å²) in [7, 11) is 1.65. The Morgan fingerprint density at radius 1 is 1.22 bits per heavy atom. The van der Waals surface area contributed by atoms with E-state index in [-0.39, 0.29) is 5.91 Å². The van der Waals surface area contributed by atoms with E-state index in [0.717, 1.165) is 22.1 Å². The quantitative estimate of drug-likeness (QED) is 0.489. The van der Waals surface area contributed by atoms with E-state index in [1.807, 2.05) is 30.3 Å². The van der Waals surface area contributed by atoms with Crippen molar-refractivity contribution in [1.82, 2.24) is 5.43 Å². The van der Waals surface area contributed by atoms with Crippen LogP contribution in [0, 0.1) is 0 Å². The van der Waals surface area contributed by atoms with Crippen LogP contribution >= 0.6 is 0 Å². The SMILES string of the molecule is COc1ccc2cc(CCC(=O)NN)ccc2c1. The predicted octanol–water partition coefficient (Wildman–Crippen LogP) is 1.77. The number of aryl methyl sites for hydroxylation is 1. The molecule has 0 spiro atoms. The smallest absolute Gasteiger partial charge is 0.234 e. The number of hydrogen-bond donors (Lipinski definition) is 2. The van der Waals surface area contributed by atoms with Crippen LogP contribution in [-0.4, -0.2) is 13.0 Å². The van der Waals surface area contributed by atoms with Crippen LogP contribution in [-0.2, 0) is 11.2 Å². The normalized spacial score (nSPS) is 10.3. The van der Waals surface area contributed by atoms with Gasteiger partial charge in [-0.25, -0.2) is 5.84 Å². The van der Waals surface area contributed by atoms with Gasteiger partial charge in [0.05, 0.1) is 7.11 Å². The van der Waals surface area contributed by atoms with Crippen molar-refractivity contribution in [3.05, 3.63) is 42.0 Å². The standard InChI is InChI=1S/C14H16N2O2/c1-18-13-6-5-11-8-10(2-4-12(11)9-13)3-7-14(17)16-15/h2,4-6,8-9H,3,7,15H2,1H3,(H,16,17). The van der Waals surface area contributed by atoms with Crippen molar-refractivity contribution >= 4 is 16.7 Å². The van der Waals surface area contributed by atoms with Gasteiger partial charge in [-0.05, 0) is 34.9 Å². The zero-order valence-electron chi connectivity index (χ0n) is 10.3. The van der Waals surface area contributed by atoms with Crippen LogP contribution in [0.3, 0.4) is 0 Å². The van der Waals surface area contributed by atoms with Gasteiger partial charge < -0.3 is 4.74 Å². The number of amides is 1. The maximum absolute atomic E-state index is 11.1. The molecule has 18 heavy (non-hydrogen) atoms. The van der Waals surface area contributed by atoms with Gasteiger partial charge in [-0.2, -0.15) is 0 Å². The monoisotopic (exact) mass is 244 g/mol. The number of nitrogens with two attached hydrogens (primary N) is 1. The highest BCUT2D eigenvalue weighted by Crippen LogP contribution is 2.22. The molecule has 2 aromatic rings. The molecule has 0 unspecified atom stereocenters. The summed E-state index contributed by atoms with van der Waals surface area (Å²) >= 11 is 0. The molecule has 0 saturated heterocycles. The molecule has 0 aliphatic rings. The van der Waals surface area contributed by atoms with Gasteiger partial charge >= 0.3 is 0 Å². The van der Waals surface area contributed by atoms with Crippen LogP contribution in [0.25, 0.3) is 10.8 Å². The first-order valence-electron chi connectivity index (χ1n) is 5.79. The Bertz CT molecular complexity index is 567. The van der Waals surface area contributed by atoms with Crippen molar-refractivity contribution in [3.8, 4) is 5.75 Å². The lowest BCUT2D eigenvalue weighted by molar-refractivity contribution is -0.121. The number of ether oxygens (including phenoxy) is 1. The Labute approximate surface area is 106 Å². The Balaban J connectivity index is 2.20. The van der Waals surface area contributed by atoms with Crippen LogP contribution in [0.2, 0.25) is 0 Å². The number of carbonyl (C=O) groups is 1. The molecule has 0 bridgehead atoms. The molecular formula is C14H16N2O2. The maximum atomic E-state index is 11.1. The highest BCUT2D eigenvalue weighted by atomic mass is 16.5. The number of benzene rings is 2. The first-order valence-corrected chi connectivity index (χ1v) is 5.79. The van der Waals surface area contributed by atoms with Gasteiger partial charge in [-0.3, -0.25) is 10.2 Å². The van der Waals surface area contributed by atoms with Gasteiger partial charge in [0, 0.05) is 6.42 Å². The summed E-state index contributed by atoms with van der Waals surface area (Å²) in [6, 6.07) is 12.1. The summed E-state index contributed by atoms with van der Waals surface area (Å²) in [6.45, 7) is 0. The molecule has 0 heterocycles. The van der Waals surface area contributed by atoms with Crippen molar-refractivity contribution in [2.24, 2.45) is 5.84 Å². The molecule has 0 aliphatic heterocycles. The lowest BCUT2D eigenvalue weighted by Crippen LogP contribution is -2.30. The molecular weight excluding hydrogens is 228 g/mol. The fraction of sp³-hybridized carbons (Fsp3) is 0.214. The van der Waals surface area contributed by atoms with E-state index < -0.39 is 0 Å². The molecule has 94 valence electrons. The minimum Gasteiger partial charge on any atom is -0.497 e. The van der Waals surface area contributed by atoms with Crippen molar-refractivity contribution < 1.29 is 9.53 Å². The number of carbonyl (C=O) groups excluding carboxylic acids is 1. The molecule has 1 amide bonds. The summed E-state index contributed by atoms with van der Waals surface area (Å²) < 4.78 is 5.18. The molecule has 0 fully saturated rings. The van der Waals surface area contributed by atoms with Crippen LogP contribution in [0.1, 0.15) is 12.0 Å². The van der Waals surface area contributed by atoms with Gasteiger partial charge in [0.15, 0.2) is 0 Å². The second-order valence-corrected chi connectivity index (χ2v) is 4.11. The third-order valence-corrected chi connectivity index (χ3v) is 2.91. The van der Waals surface area contributed by atoms with E-state index in [2.05, 4.69) is 11.5 Å². The summed E-state index contributed by atoms with van der Waals surface area (Å²) in [6.07, 6.45) is 1.09. The average Bonchev–Trinajstić information content (AvgIpc) is 2.43. The number of fused-ring (bicyclic) bond motifs is 1. The Morgan fingerprint density at radius 3 is 2.67 bits per heavy atom. The largest absolute Gasteiger partial charge is 0.497 e. The van der Waals surface area contributed by atoms with Gasteiger partial charge in [-0.1, -0.05) is 24.3 Å². The highest BCUT2D eigenvalue weighted by Gasteiger charge is 2.02. The molecule has 0 aliphatic carbocycles. The number of nitrogens with one attached hydrogen (secondary N) is 1. The molecule has 3 N–H and O–H groups in total. The molecule has 0 aromatic heterocycles. The first-order chi connectivity index (χ1) is 8.72. The van der Waals surface area contributed by atoms with Gasteiger partial charge in [0.1, 0.15) is 5.75 Å². The molecule has 0 saturated carbocycles. The van der Waals surface area contributed by atoms with E-state index in [0.29, 0.717) is 12.8 Å². The average molecular weight is 244 g/mol. The second-order valence-electron chi connectivity index (χ2n) is 4.11. The number of rotatable bonds is 4. The Kier molecular flexibility index (Phi) is 3.79. The third kappa shape index (κ3) is 2.78. The molecule has 2 rings (SSSR count). The van der Waals surface area contributed by atoms with E-state index in [1.54, 1.807) is 7.11 Å². The minimum absolute atomic E-state index is 0.148. The molecule has 2 aromatic carbocycles. The molecule has 4 heteroatoms. The fourth-order valence-electron chi connectivity index (χ4n) is 1.89. The topological polar surface area (TPSA) is 64.3 Å². The van der Waals surface area contributed by atoms with Gasteiger partial charge in [0.2, 0.25) is 5.91 Å². The van der Waals surface area contributed by atoms with E-state index in [9.17, 15) is 4.79 Å². The first kappa shape index (κ1) is 12.4. The van der Waals surface area contributed by atoms with Gasteiger partial charge in [-0.15, -0.1) is 0 Å². The third-order valence-electron chi connectivity index (χ3n) is 2.91. The summed E-state index contributed by atoms with van der Waals surface area (Å²) in [5, 5.41) is 2.27. The minimum atomic E-state index is -0.148. The highest BCUT2D eigenvalue weighted by molar-refractivity contribution is 5.84. The van der Waals surface area contributed by atoms with Gasteiger partial charge in [0.25, 0.3) is 0 Å². The summed E-state index contributed by atoms with van der Waals surface area (Å²) in [5.41, 5.74) is 3.25.